The van der Waals surface area contributed by atoms with Crippen LogP contribution in [-0.4, -0.2) is 47.1 Å². The van der Waals surface area contributed by atoms with Crippen LogP contribution >= 0.6 is 12.4 Å². The topological polar surface area (TPSA) is 69.6 Å². The van der Waals surface area contributed by atoms with E-state index < -0.39 is 5.97 Å². The molecule has 0 aromatic carbocycles. The minimum Gasteiger partial charge on any atom is -0.478 e. The molecule has 24 heavy (non-hydrogen) atoms. The van der Waals surface area contributed by atoms with Gasteiger partial charge in [-0.2, -0.15) is 0 Å². The molecule has 3 atom stereocenters. The minimum atomic E-state index is -0.819. The predicted molar refractivity (Wildman–Crippen MR) is 99.5 cm³/mol. The number of carboxylic acid groups (broad SMARTS) is 1. The van der Waals surface area contributed by atoms with Crippen LogP contribution in [0, 0.1) is 11.8 Å². The Balaban J connectivity index is 0.00000529. The monoisotopic (exact) mass is 360 g/mol. The second-order valence-electron chi connectivity index (χ2n) is 6.86. The van der Waals surface area contributed by atoms with Crippen molar-refractivity contribution in [3.8, 4) is 0 Å². The normalized spacial score (nSPS) is 21.9. The Bertz CT molecular complexity index is 448. The lowest BCUT2D eigenvalue weighted by atomic mass is 9.77. The maximum Gasteiger partial charge on any atom is 0.331 e. The molecular formula is C18H33ClN2O3. The Morgan fingerprint density at radius 3 is 2.33 bits per heavy atom. The number of carboxylic acids is 1. The van der Waals surface area contributed by atoms with Gasteiger partial charge in [-0.25, -0.2) is 4.79 Å². The van der Waals surface area contributed by atoms with Crippen LogP contribution in [-0.2, 0) is 9.59 Å². The number of carbonyl (C=O) groups excluding carboxylic acids is 1. The van der Waals surface area contributed by atoms with Crippen molar-refractivity contribution in [2.45, 2.75) is 66.0 Å². The fraction of sp³-hybridized carbons (Fsp3) is 0.778. The Morgan fingerprint density at radius 1 is 1.33 bits per heavy atom. The van der Waals surface area contributed by atoms with E-state index in [1.807, 2.05) is 6.08 Å². The molecule has 140 valence electrons. The van der Waals surface area contributed by atoms with Gasteiger partial charge in [-0.1, -0.05) is 33.8 Å². The molecular weight excluding hydrogens is 328 g/mol. The summed E-state index contributed by atoms with van der Waals surface area (Å²) in [5, 5.41) is 12.5. The molecule has 0 bridgehead atoms. The predicted octanol–water partition coefficient (Wildman–Crippen LogP) is 3.09. The van der Waals surface area contributed by atoms with E-state index in [4.69, 9.17) is 0 Å². The van der Waals surface area contributed by atoms with Crippen LogP contribution in [0.25, 0.3) is 0 Å². The minimum absolute atomic E-state index is 0. The molecule has 0 fully saturated rings. The second-order valence-corrected chi connectivity index (χ2v) is 6.86. The average molecular weight is 361 g/mol. The molecule has 6 heteroatoms. The molecule has 0 saturated carbocycles. The lowest BCUT2D eigenvalue weighted by molar-refractivity contribution is -0.133. The first kappa shape index (κ1) is 22.9. The molecule has 0 aliphatic heterocycles. The highest BCUT2D eigenvalue weighted by molar-refractivity contribution is 5.86. The van der Waals surface area contributed by atoms with E-state index in [2.05, 4.69) is 37.9 Å². The number of carbonyl (C=O) groups is 2. The number of allylic oxidation sites excluding steroid dienone is 1. The zero-order chi connectivity index (χ0) is 17.6. The van der Waals surface area contributed by atoms with Gasteiger partial charge in [0.25, 0.3) is 0 Å². The summed E-state index contributed by atoms with van der Waals surface area (Å²) in [5.41, 5.74) is 0.504. The van der Waals surface area contributed by atoms with Gasteiger partial charge in [-0.15, -0.1) is 12.4 Å². The first-order valence-electron chi connectivity index (χ1n) is 8.73. The molecule has 0 saturated heterocycles. The SMILES string of the molecule is CCN(CC)C1CC(C(=O)O)=CCC1C(CC(C)C)NC(C)=O.Cl. The third-order valence-electron chi connectivity index (χ3n) is 4.75. The zero-order valence-electron chi connectivity index (χ0n) is 15.5. The van der Waals surface area contributed by atoms with Crippen LogP contribution in [0.4, 0.5) is 0 Å². The fourth-order valence-electron chi connectivity index (χ4n) is 3.70. The summed E-state index contributed by atoms with van der Waals surface area (Å²) in [7, 11) is 0. The Morgan fingerprint density at radius 2 is 1.92 bits per heavy atom. The fourth-order valence-corrected chi connectivity index (χ4v) is 3.70. The van der Waals surface area contributed by atoms with E-state index in [1.165, 1.54) is 0 Å². The molecule has 0 radical (unpaired) electrons. The summed E-state index contributed by atoms with van der Waals surface area (Å²) in [6.07, 6.45) is 4.02. The number of halogens is 1. The van der Waals surface area contributed by atoms with Gasteiger partial charge in [0.2, 0.25) is 5.91 Å². The maximum absolute atomic E-state index is 11.6. The van der Waals surface area contributed by atoms with Crippen LogP contribution in [0.5, 0.6) is 0 Å². The summed E-state index contributed by atoms with van der Waals surface area (Å²) < 4.78 is 0. The highest BCUT2D eigenvalue weighted by Crippen LogP contribution is 2.33. The third-order valence-corrected chi connectivity index (χ3v) is 4.75. The number of aliphatic carboxylic acids is 1. The van der Waals surface area contributed by atoms with E-state index in [-0.39, 0.29) is 36.3 Å². The highest BCUT2D eigenvalue weighted by atomic mass is 35.5. The molecule has 0 spiro atoms. The molecule has 1 aliphatic rings. The number of nitrogens with one attached hydrogen (secondary N) is 1. The summed E-state index contributed by atoms with van der Waals surface area (Å²) in [6.45, 7) is 11.9. The molecule has 0 aromatic heterocycles. The van der Waals surface area contributed by atoms with Crippen molar-refractivity contribution in [2.24, 2.45) is 11.8 Å². The first-order valence-corrected chi connectivity index (χ1v) is 8.73. The van der Waals surface area contributed by atoms with Crippen molar-refractivity contribution in [1.29, 1.82) is 0 Å². The van der Waals surface area contributed by atoms with Crippen molar-refractivity contribution in [2.75, 3.05) is 13.1 Å². The standard InChI is InChI=1S/C18H32N2O3.ClH/c1-6-20(7-2)17-11-14(18(22)23)8-9-15(17)16(10-12(3)4)19-13(5)21;/h8,12,15-17H,6-7,9-11H2,1-5H3,(H,19,21)(H,22,23);1H. The average Bonchev–Trinajstić information content (AvgIpc) is 2.46. The Labute approximate surface area is 152 Å². The van der Waals surface area contributed by atoms with Crippen molar-refractivity contribution in [3.63, 3.8) is 0 Å². The number of amides is 1. The molecule has 1 aliphatic carbocycles. The second kappa shape index (κ2) is 10.7. The summed E-state index contributed by atoms with van der Waals surface area (Å²) in [4.78, 5) is 25.3. The van der Waals surface area contributed by atoms with Gasteiger partial charge >= 0.3 is 5.97 Å². The van der Waals surface area contributed by atoms with Crippen LogP contribution in [0.1, 0.15) is 53.9 Å². The van der Waals surface area contributed by atoms with Gasteiger partial charge in [-0.3, -0.25) is 4.79 Å². The van der Waals surface area contributed by atoms with Crippen molar-refractivity contribution >= 4 is 24.3 Å². The van der Waals surface area contributed by atoms with Gasteiger partial charge in [0.15, 0.2) is 0 Å². The van der Waals surface area contributed by atoms with Crippen LogP contribution < -0.4 is 5.32 Å². The quantitative estimate of drug-likeness (QED) is 0.697. The van der Waals surface area contributed by atoms with Gasteiger partial charge in [-0.05, 0) is 44.2 Å². The van der Waals surface area contributed by atoms with Gasteiger partial charge in [0.1, 0.15) is 0 Å². The van der Waals surface area contributed by atoms with Crippen LogP contribution in [0.3, 0.4) is 0 Å². The zero-order valence-corrected chi connectivity index (χ0v) is 16.4. The molecule has 0 heterocycles. The van der Waals surface area contributed by atoms with Gasteiger partial charge in [0, 0.05) is 24.6 Å². The van der Waals surface area contributed by atoms with Crippen LogP contribution in [0.15, 0.2) is 11.6 Å². The smallest absolute Gasteiger partial charge is 0.331 e. The lowest BCUT2D eigenvalue weighted by Gasteiger charge is -2.42. The van der Waals surface area contributed by atoms with Crippen molar-refractivity contribution in [3.05, 3.63) is 11.6 Å². The molecule has 0 aromatic rings. The van der Waals surface area contributed by atoms with E-state index in [1.54, 1.807) is 6.92 Å². The van der Waals surface area contributed by atoms with Crippen molar-refractivity contribution in [1.82, 2.24) is 10.2 Å². The molecule has 5 nitrogen and oxygen atoms in total. The molecule has 2 N–H and O–H groups in total. The largest absolute Gasteiger partial charge is 0.478 e. The van der Waals surface area contributed by atoms with E-state index >= 15 is 0 Å². The number of hydrogen-bond acceptors (Lipinski definition) is 3. The molecule has 3 unspecified atom stereocenters. The first-order chi connectivity index (χ1) is 10.8. The maximum atomic E-state index is 11.6. The van der Waals surface area contributed by atoms with Crippen molar-refractivity contribution < 1.29 is 14.7 Å². The number of hydrogen-bond donors (Lipinski definition) is 2. The summed E-state index contributed by atoms with van der Waals surface area (Å²) in [6, 6.07) is 0.251. The van der Waals surface area contributed by atoms with E-state index in [9.17, 15) is 14.7 Å². The van der Waals surface area contributed by atoms with Crippen LogP contribution in [0.2, 0.25) is 0 Å². The van der Waals surface area contributed by atoms with E-state index in [0.717, 1.165) is 19.5 Å². The molecule has 1 amide bonds. The molecule has 1 rings (SSSR count). The number of nitrogens with zero attached hydrogens (tertiary/aromatic N) is 1. The van der Waals surface area contributed by atoms with E-state index in [0.29, 0.717) is 24.3 Å². The summed E-state index contributed by atoms with van der Waals surface area (Å²) in [5.74, 6) is -0.0964. The van der Waals surface area contributed by atoms with Gasteiger partial charge in [0.05, 0.1) is 0 Å². The lowest BCUT2D eigenvalue weighted by Crippen LogP contribution is -2.52. The third kappa shape index (κ3) is 6.44. The highest BCUT2D eigenvalue weighted by Gasteiger charge is 2.36. The van der Waals surface area contributed by atoms with Gasteiger partial charge < -0.3 is 15.3 Å². The Hall–Kier alpha value is -1.07. The number of rotatable bonds is 8. The Kier molecular flexibility index (Phi) is 10.2. The summed E-state index contributed by atoms with van der Waals surface area (Å²) >= 11 is 0.